The Morgan fingerprint density at radius 3 is 1.27 bits per heavy atom. The Labute approximate surface area is 470 Å². The fourth-order valence-electron chi connectivity index (χ4n) is 10.7. The minimum Gasteiger partial charge on any atom is -0.394 e. The lowest BCUT2D eigenvalue weighted by Crippen LogP contribution is -2.71. The summed E-state index contributed by atoms with van der Waals surface area (Å²) in [4.78, 5) is 25.7. The molecule has 7 aliphatic heterocycles. The molecule has 0 saturated carbocycles. The molecule has 7 saturated heterocycles. The van der Waals surface area contributed by atoms with Crippen LogP contribution >= 0.6 is 0 Å². The summed E-state index contributed by atoms with van der Waals surface area (Å²) in [6.45, 7) is -2.68. The number of amides is 2. The van der Waals surface area contributed by atoms with E-state index in [4.69, 9.17) is 61.6 Å². The van der Waals surface area contributed by atoms with Crippen LogP contribution in [0.15, 0.2) is 0 Å². The van der Waals surface area contributed by atoms with E-state index in [0.717, 1.165) is 13.8 Å². The van der Waals surface area contributed by atoms with Crippen LogP contribution in [0.1, 0.15) is 20.8 Å². The van der Waals surface area contributed by atoms with Crippen LogP contribution in [-0.4, -0.2) is 368 Å². The maximum absolute atomic E-state index is 13.0. The second-order valence-electron chi connectivity index (χ2n) is 21.1. The SMILES string of the molecule is CC(=O)N[C@H]1[C@H](O[C@H]2[C@@H](O)[C@@H](CO)O[C@H](O[C@@H]3[C@H](O)[C@@H](O)[C@H](O[C@H]4[C@H](O)[C@@H](O)[C@H](O)O[C@@H]4CO)O[C@@H]3CO)[C@@H]2O)O[C@H](CO[C@@H]2O[C@H](CO)[C@@H](O)[C@H](O[C@H]3[C@H](O)[C@H](O)[C@H](C)O[C@H]3O)[C@H]2NC(C)=O)[C@H](O)[C@@H]1O[C@@H]1O[C@H](CO)[C@H](O)[C@H](O)[C@H]1O. The van der Waals surface area contributed by atoms with Crippen molar-refractivity contribution in [3.63, 3.8) is 0 Å². The number of rotatable bonds is 20. The molecule has 37 heteroatoms. The Balaban J connectivity index is 1.18. The molecule has 0 aliphatic carbocycles. The molecule has 7 rings (SSSR count). The lowest BCUT2D eigenvalue weighted by molar-refractivity contribution is -0.389. The Kier molecular flexibility index (Phi) is 24.0. The number of carbonyl (C=O) groups excluding carboxylic acids is 2. The van der Waals surface area contributed by atoms with Gasteiger partial charge >= 0.3 is 0 Å². The topological polar surface area (TPSA) is 583 Å². The predicted octanol–water partition coefficient (Wildman–Crippen LogP) is -15.0. The zero-order chi connectivity index (χ0) is 61.2. The normalized spacial score (nSPS) is 50.8. The number of aliphatic hydroxyl groups excluding tert-OH is 20. The van der Waals surface area contributed by atoms with Crippen LogP contribution in [0.25, 0.3) is 0 Å². The Morgan fingerprint density at radius 2 is 0.723 bits per heavy atom. The number of hydrogen-bond donors (Lipinski definition) is 22. The maximum atomic E-state index is 13.0. The van der Waals surface area contributed by atoms with Gasteiger partial charge in [0.1, 0.15) is 165 Å². The van der Waals surface area contributed by atoms with E-state index in [1.54, 1.807) is 0 Å². The van der Waals surface area contributed by atoms with Gasteiger partial charge in [0.15, 0.2) is 44.0 Å². The quantitative estimate of drug-likeness (QED) is 0.0538. The molecule has 0 spiro atoms. The fraction of sp³-hybridized carbons (Fsp3) is 0.957. The van der Waals surface area contributed by atoms with Gasteiger partial charge in [-0.25, -0.2) is 0 Å². The highest BCUT2D eigenvalue weighted by atomic mass is 16.8. The second-order valence-corrected chi connectivity index (χ2v) is 21.1. The first kappa shape index (κ1) is 68.1. The molecule has 7 aliphatic rings. The van der Waals surface area contributed by atoms with Gasteiger partial charge in [-0.15, -0.1) is 0 Å². The number of carbonyl (C=O) groups is 2. The Hall–Kier alpha value is -2.38. The average Bonchev–Trinajstić information content (AvgIpc) is 3.58. The maximum Gasteiger partial charge on any atom is 0.217 e. The monoisotopic (exact) mass is 1220 g/mol. The van der Waals surface area contributed by atoms with E-state index in [1.165, 1.54) is 6.92 Å². The fourth-order valence-corrected chi connectivity index (χ4v) is 10.7. The van der Waals surface area contributed by atoms with Gasteiger partial charge in [-0.1, -0.05) is 0 Å². The van der Waals surface area contributed by atoms with Crippen LogP contribution in [0.4, 0.5) is 0 Å². The molecular formula is C46H78N2O35. The summed E-state index contributed by atoms with van der Waals surface area (Å²) in [6, 6.07) is -3.58. The number of hydrogen-bond acceptors (Lipinski definition) is 35. The first-order chi connectivity index (χ1) is 39.2. The Morgan fingerprint density at radius 1 is 0.337 bits per heavy atom. The number of nitrogens with one attached hydrogen (secondary N) is 2. The molecule has 482 valence electrons. The zero-order valence-electron chi connectivity index (χ0n) is 44.5. The van der Waals surface area contributed by atoms with E-state index in [0.29, 0.717) is 0 Å². The summed E-state index contributed by atoms with van der Waals surface area (Å²) < 4.78 is 74.7. The lowest BCUT2D eigenvalue weighted by atomic mass is 9.93. The molecule has 83 heavy (non-hydrogen) atoms. The summed E-state index contributed by atoms with van der Waals surface area (Å²) in [7, 11) is 0. The van der Waals surface area contributed by atoms with E-state index in [-0.39, 0.29) is 0 Å². The third kappa shape index (κ3) is 14.7. The van der Waals surface area contributed by atoms with Gasteiger partial charge in [-0.3, -0.25) is 9.59 Å². The lowest BCUT2D eigenvalue weighted by Gasteiger charge is -2.51. The van der Waals surface area contributed by atoms with E-state index >= 15 is 0 Å². The minimum absolute atomic E-state index is 0.825. The van der Waals surface area contributed by atoms with E-state index in [9.17, 15) is 112 Å². The highest BCUT2D eigenvalue weighted by Crippen LogP contribution is 2.37. The molecule has 0 aromatic rings. The van der Waals surface area contributed by atoms with Crippen molar-refractivity contribution in [1.29, 1.82) is 0 Å². The molecule has 7 fully saturated rings. The van der Waals surface area contributed by atoms with E-state index < -0.39 is 266 Å². The van der Waals surface area contributed by atoms with E-state index in [1.807, 2.05) is 0 Å². The van der Waals surface area contributed by atoms with Gasteiger partial charge in [-0.2, -0.15) is 0 Å². The van der Waals surface area contributed by atoms with Crippen LogP contribution in [0.3, 0.4) is 0 Å². The van der Waals surface area contributed by atoms with Gasteiger partial charge in [0.25, 0.3) is 0 Å². The molecule has 7 heterocycles. The largest absolute Gasteiger partial charge is 0.394 e. The minimum atomic E-state index is -2.32. The van der Waals surface area contributed by atoms with Crippen molar-refractivity contribution in [2.75, 3.05) is 39.6 Å². The first-order valence-corrected chi connectivity index (χ1v) is 26.5. The standard InChI is InChI=1S/C46H78N2O35/c1-10-21(56)27(62)39(41(70)72-10)79-36-19(47-11(2)54)42(74-14(5-50)23(36)58)71-9-18-25(60)37(82-44-31(66)26(61)22(57)13(4-49)75-44)20(48-12(3)55)43(78-18)83-38-24(59)15(6-51)76-46(33(38)68)81-35-17(8-53)77-45(32(67)29(35)64)80-34-16(7-52)73-40(69)30(65)28(34)63/h10,13-46,49-53,56-70H,4-9H2,1-3H3,(H,47,54)(H,48,55)/t10-,13+,14+,15+,16+,17+,18+,19+,20+,21+,22-,23+,24-,25-,26-,27+,28+,29+,30+,31+,32+,33+,34+,35-,36+,37+,38-,39-,40+,41+,42+,43-,44-,45-,46+/m0/s1. The van der Waals surface area contributed by atoms with Gasteiger partial charge in [-0.05, 0) is 6.92 Å². The van der Waals surface area contributed by atoms with Crippen molar-refractivity contribution < 1.29 is 173 Å². The van der Waals surface area contributed by atoms with Crippen LogP contribution in [0.2, 0.25) is 0 Å². The summed E-state index contributed by atoms with van der Waals surface area (Å²) in [5.74, 6) is -1.75. The van der Waals surface area contributed by atoms with Gasteiger partial charge in [0.05, 0.1) is 45.7 Å². The van der Waals surface area contributed by atoms with Crippen molar-refractivity contribution in [2.45, 2.75) is 236 Å². The molecule has 0 radical (unpaired) electrons. The average molecular weight is 1220 g/mol. The summed E-state index contributed by atoms with van der Waals surface area (Å²) >= 11 is 0. The number of ether oxygens (including phenoxy) is 13. The van der Waals surface area contributed by atoms with Crippen LogP contribution in [0.5, 0.6) is 0 Å². The van der Waals surface area contributed by atoms with Crippen LogP contribution in [-0.2, 0) is 71.2 Å². The van der Waals surface area contributed by atoms with Crippen LogP contribution in [0, 0.1) is 0 Å². The van der Waals surface area contributed by atoms with Crippen LogP contribution < -0.4 is 10.6 Å². The van der Waals surface area contributed by atoms with E-state index in [2.05, 4.69) is 10.6 Å². The van der Waals surface area contributed by atoms with Gasteiger partial charge in [0, 0.05) is 13.8 Å². The summed E-state index contributed by atoms with van der Waals surface area (Å²) in [5, 5.41) is 221. The van der Waals surface area contributed by atoms with Crippen molar-refractivity contribution >= 4 is 11.8 Å². The van der Waals surface area contributed by atoms with Crippen molar-refractivity contribution in [3.05, 3.63) is 0 Å². The molecule has 35 atom stereocenters. The molecule has 0 aromatic carbocycles. The molecule has 22 N–H and O–H groups in total. The third-order valence-electron chi connectivity index (χ3n) is 15.3. The highest BCUT2D eigenvalue weighted by molar-refractivity contribution is 5.73. The zero-order valence-corrected chi connectivity index (χ0v) is 44.5. The van der Waals surface area contributed by atoms with Crippen molar-refractivity contribution in [3.8, 4) is 0 Å². The molecule has 0 aromatic heterocycles. The van der Waals surface area contributed by atoms with Gasteiger partial charge in [0.2, 0.25) is 11.8 Å². The molecule has 0 bridgehead atoms. The highest BCUT2D eigenvalue weighted by Gasteiger charge is 2.59. The Bertz CT molecular complexity index is 2040. The molecule has 0 unspecified atom stereocenters. The first-order valence-electron chi connectivity index (χ1n) is 26.5. The summed E-state index contributed by atoms with van der Waals surface area (Å²) in [6.07, 6.45) is -63.6. The smallest absolute Gasteiger partial charge is 0.217 e. The molecular weight excluding hydrogens is 1140 g/mol. The number of aliphatic hydroxyl groups is 20. The predicted molar refractivity (Wildman–Crippen MR) is 254 cm³/mol. The van der Waals surface area contributed by atoms with Crippen molar-refractivity contribution in [2.24, 2.45) is 0 Å². The summed E-state index contributed by atoms with van der Waals surface area (Å²) in [5.41, 5.74) is 0. The molecule has 2 amide bonds. The van der Waals surface area contributed by atoms with Gasteiger partial charge < -0.3 is 174 Å². The second kappa shape index (κ2) is 29.3. The van der Waals surface area contributed by atoms with Crippen molar-refractivity contribution in [1.82, 2.24) is 10.6 Å². The molecule has 37 nitrogen and oxygen atoms in total. The third-order valence-corrected chi connectivity index (χ3v) is 15.3.